The molecule has 6 nitrogen and oxygen atoms in total. The Labute approximate surface area is 68.0 Å². The lowest BCUT2D eigenvalue weighted by Crippen LogP contribution is -2.36. The first-order valence-corrected chi connectivity index (χ1v) is 3.25. The number of nitrogens with two attached hydrogens (primary N) is 1. The number of carbonyl (C=O) groups is 1. The molecule has 0 aliphatic heterocycles. The lowest BCUT2D eigenvalue weighted by Gasteiger charge is -2.00. The third-order valence-electron chi connectivity index (χ3n) is 1.24. The fourth-order valence-corrected chi connectivity index (χ4v) is 0.688. The van der Waals surface area contributed by atoms with Gasteiger partial charge in [-0.15, -0.1) is 0 Å². The standard InChI is InChI=1S/C6H8N4O2/c7-9-5(11)4-10-6(12)2-1-3-8-10/h1-3H,4,7H2,(H,9,11). The first kappa shape index (κ1) is 8.41. The second kappa shape index (κ2) is 3.63. The van der Waals surface area contributed by atoms with Crippen LogP contribution in [0.15, 0.2) is 23.1 Å². The van der Waals surface area contributed by atoms with Crippen molar-refractivity contribution in [3.05, 3.63) is 28.7 Å². The van der Waals surface area contributed by atoms with Crippen LogP contribution >= 0.6 is 0 Å². The molecular formula is C6H8N4O2. The normalized spacial score (nSPS) is 9.42. The van der Waals surface area contributed by atoms with E-state index in [4.69, 9.17) is 5.84 Å². The van der Waals surface area contributed by atoms with Crippen molar-refractivity contribution in [2.45, 2.75) is 6.54 Å². The minimum absolute atomic E-state index is 0.157. The highest BCUT2D eigenvalue weighted by Gasteiger charge is 2.01. The Balaban J connectivity index is 2.83. The van der Waals surface area contributed by atoms with E-state index in [1.807, 2.05) is 5.43 Å². The maximum Gasteiger partial charge on any atom is 0.267 e. The quantitative estimate of drug-likeness (QED) is 0.311. The summed E-state index contributed by atoms with van der Waals surface area (Å²) in [5.74, 6) is 4.37. The molecule has 0 aliphatic rings. The van der Waals surface area contributed by atoms with Gasteiger partial charge in [0.15, 0.2) is 0 Å². The van der Waals surface area contributed by atoms with Crippen LogP contribution in [-0.4, -0.2) is 15.7 Å². The summed E-state index contributed by atoms with van der Waals surface area (Å²) in [7, 11) is 0. The van der Waals surface area contributed by atoms with Gasteiger partial charge in [-0.2, -0.15) is 5.10 Å². The van der Waals surface area contributed by atoms with Gasteiger partial charge in [-0.05, 0) is 6.07 Å². The molecule has 0 saturated carbocycles. The molecule has 0 aromatic carbocycles. The van der Waals surface area contributed by atoms with E-state index >= 15 is 0 Å². The van der Waals surface area contributed by atoms with E-state index in [1.54, 1.807) is 0 Å². The van der Waals surface area contributed by atoms with Crippen molar-refractivity contribution < 1.29 is 4.79 Å². The Morgan fingerprint density at radius 1 is 1.75 bits per heavy atom. The van der Waals surface area contributed by atoms with Crippen molar-refractivity contribution in [2.24, 2.45) is 5.84 Å². The van der Waals surface area contributed by atoms with E-state index in [-0.39, 0.29) is 12.1 Å². The molecule has 0 fully saturated rings. The topological polar surface area (TPSA) is 90.0 Å². The van der Waals surface area contributed by atoms with E-state index in [2.05, 4.69) is 5.10 Å². The number of hydrazine groups is 1. The van der Waals surface area contributed by atoms with Gasteiger partial charge in [0.2, 0.25) is 0 Å². The van der Waals surface area contributed by atoms with Crippen LogP contribution in [-0.2, 0) is 11.3 Å². The molecule has 3 N–H and O–H groups in total. The van der Waals surface area contributed by atoms with Gasteiger partial charge >= 0.3 is 0 Å². The van der Waals surface area contributed by atoms with E-state index in [0.717, 1.165) is 4.68 Å². The lowest BCUT2D eigenvalue weighted by molar-refractivity contribution is -0.122. The fourth-order valence-electron chi connectivity index (χ4n) is 0.688. The molecule has 1 heterocycles. The van der Waals surface area contributed by atoms with Crippen molar-refractivity contribution in [2.75, 3.05) is 0 Å². The minimum atomic E-state index is -0.462. The van der Waals surface area contributed by atoms with Crippen LogP contribution in [0.3, 0.4) is 0 Å². The van der Waals surface area contributed by atoms with Crippen LogP contribution < -0.4 is 16.8 Å². The van der Waals surface area contributed by atoms with Gasteiger partial charge in [-0.1, -0.05) is 0 Å². The summed E-state index contributed by atoms with van der Waals surface area (Å²) in [5.41, 5.74) is 1.57. The van der Waals surface area contributed by atoms with Crippen LogP contribution in [0, 0.1) is 0 Å². The first-order valence-electron chi connectivity index (χ1n) is 3.25. The zero-order valence-electron chi connectivity index (χ0n) is 6.23. The van der Waals surface area contributed by atoms with Gasteiger partial charge in [-0.3, -0.25) is 15.0 Å². The molecule has 0 spiro atoms. The Kier molecular flexibility index (Phi) is 2.54. The molecule has 1 aromatic heterocycles. The van der Waals surface area contributed by atoms with Gasteiger partial charge in [0.1, 0.15) is 6.54 Å². The molecular weight excluding hydrogens is 160 g/mol. The molecule has 64 valence electrons. The summed E-state index contributed by atoms with van der Waals surface area (Å²) in [6, 6.07) is 2.82. The molecule has 0 aliphatic carbocycles. The van der Waals surface area contributed by atoms with E-state index in [0.29, 0.717) is 0 Å². The third-order valence-corrected chi connectivity index (χ3v) is 1.24. The summed E-state index contributed by atoms with van der Waals surface area (Å²) in [5, 5.41) is 3.65. The number of hydrogen-bond donors (Lipinski definition) is 2. The van der Waals surface area contributed by atoms with Crippen molar-refractivity contribution in [3.63, 3.8) is 0 Å². The second-order valence-electron chi connectivity index (χ2n) is 2.09. The Morgan fingerprint density at radius 3 is 3.08 bits per heavy atom. The Bertz CT molecular complexity index is 332. The average Bonchev–Trinajstić information content (AvgIpc) is 2.09. The van der Waals surface area contributed by atoms with Gasteiger partial charge in [-0.25, -0.2) is 10.5 Å². The second-order valence-corrected chi connectivity index (χ2v) is 2.09. The molecule has 6 heteroatoms. The summed E-state index contributed by atoms with van der Waals surface area (Å²) in [6.07, 6.45) is 1.42. The highest BCUT2D eigenvalue weighted by atomic mass is 16.2. The largest absolute Gasteiger partial charge is 0.293 e. The molecule has 0 saturated heterocycles. The SMILES string of the molecule is NNC(=O)Cn1ncccc1=O. The molecule has 12 heavy (non-hydrogen) atoms. The maximum atomic E-state index is 11.0. The Hall–Kier alpha value is -1.69. The van der Waals surface area contributed by atoms with Crippen molar-refractivity contribution >= 4 is 5.91 Å². The van der Waals surface area contributed by atoms with Gasteiger partial charge < -0.3 is 0 Å². The number of nitrogens with zero attached hydrogens (tertiary/aromatic N) is 2. The third kappa shape index (κ3) is 1.89. The Morgan fingerprint density at radius 2 is 2.50 bits per heavy atom. The average molecular weight is 168 g/mol. The molecule has 0 atom stereocenters. The number of rotatable bonds is 2. The van der Waals surface area contributed by atoms with Crippen molar-refractivity contribution in [1.29, 1.82) is 0 Å². The van der Waals surface area contributed by atoms with E-state index in [9.17, 15) is 9.59 Å². The summed E-state index contributed by atoms with van der Waals surface area (Å²) in [6.45, 7) is -0.157. The summed E-state index contributed by atoms with van der Waals surface area (Å²) >= 11 is 0. The van der Waals surface area contributed by atoms with Crippen molar-refractivity contribution in [1.82, 2.24) is 15.2 Å². The van der Waals surface area contributed by atoms with Crippen LogP contribution in [0.5, 0.6) is 0 Å². The maximum absolute atomic E-state index is 11.0. The highest BCUT2D eigenvalue weighted by Crippen LogP contribution is 1.75. The zero-order chi connectivity index (χ0) is 8.97. The van der Waals surface area contributed by atoms with Crippen molar-refractivity contribution in [3.8, 4) is 0 Å². The number of amides is 1. The predicted octanol–water partition coefficient (Wildman–Crippen LogP) is -1.77. The highest BCUT2D eigenvalue weighted by molar-refractivity contribution is 5.74. The van der Waals surface area contributed by atoms with Crippen LogP contribution in [0.2, 0.25) is 0 Å². The predicted molar refractivity (Wildman–Crippen MR) is 40.8 cm³/mol. The van der Waals surface area contributed by atoms with E-state index in [1.165, 1.54) is 18.3 Å². The fraction of sp³-hybridized carbons (Fsp3) is 0.167. The number of aromatic nitrogens is 2. The molecule has 1 rings (SSSR count). The monoisotopic (exact) mass is 168 g/mol. The van der Waals surface area contributed by atoms with Gasteiger partial charge in [0.05, 0.1) is 0 Å². The van der Waals surface area contributed by atoms with Gasteiger partial charge in [0.25, 0.3) is 11.5 Å². The van der Waals surface area contributed by atoms with Gasteiger partial charge in [0, 0.05) is 12.3 Å². The molecule has 0 radical (unpaired) electrons. The van der Waals surface area contributed by atoms with E-state index < -0.39 is 5.91 Å². The number of carbonyl (C=O) groups excluding carboxylic acids is 1. The van der Waals surface area contributed by atoms with Crippen LogP contribution in [0.4, 0.5) is 0 Å². The van der Waals surface area contributed by atoms with Crippen LogP contribution in [0.1, 0.15) is 0 Å². The zero-order valence-corrected chi connectivity index (χ0v) is 6.23. The lowest BCUT2D eigenvalue weighted by atomic mass is 10.5. The summed E-state index contributed by atoms with van der Waals surface area (Å²) in [4.78, 5) is 21.6. The molecule has 0 bridgehead atoms. The number of nitrogens with one attached hydrogen (secondary N) is 1. The summed E-state index contributed by atoms with van der Waals surface area (Å²) < 4.78 is 1.02. The first-order chi connectivity index (χ1) is 5.74. The molecule has 1 aromatic rings. The number of hydrogen-bond acceptors (Lipinski definition) is 4. The molecule has 0 unspecified atom stereocenters. The molecule has 1 amide bonds. The minimum Gasteiger partial charge on any atom is -0.293 e. The van der Waals surface area contributed by atoms with Crippen LogP contribution in [0.25, 0.3) is 0 Å². The smallest absolute Gasteiger partial charge is 0.267 e.